The van der Waals surface area contributed by atoms with Crippen molar-refractivity contribution < 1.29 is 13.5 Å². The maximum Gasteiger partial charge on any atom is 0.249 e. The average Bonchev–Trinajstić information content (AvgIpc) is 2.47. The van der Waals surface area contributed by atoms with Gasteiger partial charge in [-0.15, -0.1) is 0 Å². The molecule has 2 nitrogen and oxygen atoms in total. The molecule has 0 radical (unpaired) electrons. The Morgan fingerprint density at radius 1 is 1.21 bits per heavy atom. The fraction of sp³-hybridized carbons (Fsp3) is 1.00. The summed E-state index contributed by atoms with van der Waals surface area (Å²) >= 11 is 0. The first-order valence-electron chi connectivity index (χ1n) is 5.37. The van der Waals surface area contributed by atoms with E-state index in [1.165, 1.54) is 0 Å². The van der Waals surface area contributed by atoms with Gasteiger partial charge in [-0.25, -0.2) is 8.78 Å². The van der Waals surface area contributed by atoms with Gasteiger partial charge in [-0.1, -0.05) is 0 Å². The molecule has 2 rings (SSSR count). The van der Waals surface area contributed by atoms with Crippen LogP contribution in [-0.2, 0) is 4.74 Å². The average molecular weight is 205 g/mol. The molecule has 14 heavy (non-hydrogen) atoms. The summed E-state index contributed by atoms with van der Waals surface area (Å²) in [5, 5.41) is 3.27. The molecule has 2 unspecified atom stereocenters. The summed E-state index contributed by atoms with van der Waals surface area (Å²) in [5.41, 5.74) is 0. The van der Waals surface area contributed by atoms with Crippen molar-refractivity contribution in [3.63, 3.8) is 0 Å². The molecule has 0 amide bonds. The van der Waals surface area contributed by atoms with E-state index in [4.69, 9.17) is 4.74 Å². The lowest BCUT2D eigenvalue weighted by atomic mass is 10.1. The van der Waals surface area contributed by atoms with Gasteiger partial charge < -0.3 is 10.1 Å². The zero-order valence-electron chi connectivity index (χ0n) is 8.27. The number of hydrogen-bond acceptors (Lipinski definition) is 2. The zero-order chi connectivity index (χ0) is 10.0. The maximum absolute atomic E-state index is 12.9. The van der Waals surface area contributed by atoms with Crippen LogP contribution in [0.2, 0.25) is 0 Å². The van der Waals surface area contributed by atoms with Crippen molar-refractivity contribution in [2.24, 2.45) is 0 Å². The monoisotopic (exact) mass is 205 g/mol. The number of rotatable bonds is 2. The van der Waals surface area contributed by atoms with Gasteiger partial charge in [0.05, 0.1) is 6.61 Å². The Hall–Kier alpha value is -0.220. The Bertz CT molecular complexity index is 193. The second kappa shape index (κ2) is 4.11. The predicted octanol–water partition coefficient (Wildman–Crippen LogP) is 1.94. The molecule has 0 bridgehead atoms. The van der Waals surface area contributed by atoms with E-state index >= 15 is 0 Å². The van der Waals surface area contributed by atoms with E-state index in [1.807, 2.05) is 0 Å². The van der Waals surface area contributed by atoms with Crippen LogP contribution in [0, 0.1) is 0 Å². The maximum atomic E-state index is 12.9. The van der Waals surface area contributed by atoms with Crippen LogP contribution in [0.15, 0.2) is 0 Å². The lowest BCUT2D eigenvalue weighted by Crippen LogP contribution is -2.42. The summed E-state index contributed by atoms with van der Waals surface area (Å²) in [7, 11) is 0. The minimum Gasteiger partial charge on any atom is -0.380 e. The van der Waals surface area contributed by atoms with Crippen LogP contribution in [-0.4, -0.2) is 31.2 Å². The van der Waals surface area contributed by atoms with Crippen molar-refractivity contribution in [3.05, 3.63) is 0 Å². The van der Waals surface area contributed by atoms with E-state index in [0.717, 1.165) is 19.4 Å². The highest BCUT2D eigenvalue weighted by atomic mass is 19.3. The third-order valence-electron chi connectivity index (χ3n) is 3.04. The van der Waals surface area contributed by atoms with Crippen molar-refractivity contribution in [3.8, 4) is 0 Å². The molecule has 1 N–H and O–H groups in total. The van der Waals surface area contributed by atoms with Gasteiger partial charge >= 0.3 is 0 Å². The molecule has 0 aromatic carbocycles. The Balaban J connectivity index is 1.75. The fourth-order valence-electron chi connectivity index (χ4n) is 2.30. The number of nitrogens with one attached hydrogen (secondary N) is 1. The molecule has 2 atom stereocenters. The van der Waals surface area contributed by atoms with E-state index < -0.39 is 5.92 Å². The number of alkyl halides is 2. The van der Waals surface area contributed by atoms with E-state index in [0.29, 0.717) is 19.1 Å². The Kier molecular flexibility index (Phi) is 3.02. The summed E-state index contributed by atoms with van der Waals surface area (Å²) in [6.45, 7) is 1.50. The first-order valence-corrected chi connectivity index (χ1v) is 5.37. The van der Waals surface area contributed by atoms with Crippen LogP contribution in [0.1, 0.15) is 32.1 Å². The van der Waals surface area contributed by atoms with Gasteiger partial charge in [0.15, 0.2) is 0 Å². The standard InChI is InChI=1S/C10H17F2NO/c11-10(12)4-3-8(6-10)13-9-2-1-5-14-7-9/h8-9,13H,1-7H2. The van der Waals surface area contributed by atoms with E-state index in [9.17, 15) is 8.78 Å². The molecule has 1 heterocycles. The van der Waals surface area contributed by atoms with Crippen molar-refractivity contribution >= 4 is 0 Å². The van der Waals surface area contributed by atoms with Gasteiger partial charge in [-0.2, -0.15) is 0 Å². The topological polar surface area (TPSA) is 21.3 Å². The number of halogens is 2. The first kappa shape index (κ1) is 10.3. The van der Waals surface area contributed by atoms with E-state index in [-0.39, 0.29) is 18.9 Å². The second-order valence-electron chi connectivity index (χ2n) is 4.38. The van der Waals surface area contributed by atoms with Crippen LogP contribution in [0.3, 0.4) is 0 Å². The third-order valence-corrected chi connectivity index (χ3v) is 3.04. The van der Waals surface area contributed by atoms with Gasteiger partial charge in [0.25, 0.3) is 0 Å². The van der Waals surface area contributed by atoms with Gasteiger partial charge in [0.1, 0.15) is 0 Å². The van der Waals surface area contributed by atoms with Gasteiger partial charge in [0, 0.05) is 31.5 Å². The summed E-state index contributed by atoms with van der Waals surface area (Å²) in [6.07, 6.45) is 2.74. The van der Waals surface area contributed by atoms with Crippen LogP contribution < -0.4 is 5.32 Å². The van der Waals surface area contributed by atoms with Crippen LogP contribution >= 0.6 is 0 Å². The Morgan fingerprint density at radius 2 is 2.07 bits per heavy atom. The number of ether oxygens (including phenoxy) is 1. The highest BCUT2D eigenvalue weighted by molar-refractivity contribution is 4.88. The highest BCUT2D eigenvalue weighted by Gasteiger charge is 2.39. The highest BCUT2D eigenvalue weighted by Crippen LogP contribution is 2.35. The van der Waals surface area contributed by atoms with Crippen molar-refractivity contribution in [1.29, 1.82) is 0 Å². The molecular formula is C10H17F2NO. The molecule has 0 aromatic heterocycles. The molecule has 1 aliphatic carbocycles. The molecule has 2 fully saturated rings. The lowest BCUT2D eigenvalue weighted by molar-refractivity contribution is 0.00495. The van der Waals surface area contributed by atoms with Crippen molar-refractivity contribution in [1.82, 2.24) is 5.32 Å². The minimum atomic E-state index is -2.44. The zero-order valence-corrected chi connectivity index (χ0v) is 8.27. The fourth-order valence-corrected chi connectivity index (χ4v) is 2.30. The second-order valence-corrected chi connectivity index (χ2v) is 4.38. The van der Waals surface area contributed by atoms with Gasteiger partial charge in [-0.05, 0) is 19.3 Å². The molecule has 82 valence electrons. The normalized spacial score (nSPS) is 37.3. The summed E-state index contributed by atoms with van der Waals surface area (Å²) < 4.78 is 31.0. The van der Waals surface area contributed by atoms with Crippen LogP contribution in [0.4, 0.5) is 8.78 Å². The SMILES string of the molecule is FC1(F)CCC(NC2CCCOC2)C1. The van der Waals surface area contributed by atoms with Crippen LogP contribution in [0.25, 0.3) is 0 Å². The predicted molar refractivity (Wildman–Crippen MR) is 49.6 cm³/mol. The summed E-state index contributed by atoms with van der Waals surface area (Å²) in [5.74, 6) is -2.44. The summed E-state index contributed by atoms with van der Waals surface area (Å²) in [4.78, 5) is 0. The third kappa shape index (κ3) is 2.64. The van der Waals surface area contributed by atoms with E-state index in [2.05, 4.69) is 5.32 Å². The number of hydrogen-bond donors (Lipinski definition) is 1. The molecule has 4 heteroatoms. The largest absolute Gasteiger partial charge is 0.380 e. The molecule has 2 aliphatic rings. The Morgan fingerprint density at radius 3 is 2.64 bits per heavy atom. The van der Waals surface area contributed by atoms with Gasteiger partial charge in [-0.3, -0.25) is 0 Å². The van der Waals surface area contributed by atoms with Crippen molar-refractivity contribution in [2.45, 2.75) is 50.1 Å². The quantitative estimate of drug-likeness (QED) is 0.744. The molecular weight excluding hydrogens is 188 g/mol. The first-order chi connectivity index (χ1) is 6.66. The molecule has 1 aliphatic heterocycles. The van der Waals surface area contributed by atoms with Gasteiger partial charge in [0.2, 0.25) is 5.92 Å². The van der Waals surface area contributed by atoms with Crippen molar-refractivity contribution in [2.75, 3.05) is 13.2 Å². The van der Waals surface area contributed by atoms with E-state index in [1.54, 1.807) is 0 Å². The smallest absolute Gasteiger partial charge is 0.249 e. The Labute approximate surface area is 83.0 Å². The summed E-state index contributed by atoms with van der Waals surface area (Å²) in [6, 6.07) is 0.291. The molecule has 0 aromatic rings. The molecule has 1 saturated carbocycles. The molecule has 0 spiro atoms. The minimum absolute atomic E-state index is 0.00306. The lowest BCUT2D eigenvalue weighted by Gasteiger charge is -2.26. The van der Waals surface area contributed by atoms with Crippen LogP contribution in [0.5, 0.6) is 0 Å². The molecule has 1 saturated heterocycles.